The summed E-state index contributed by atoms with van der Waals surface area (Å²) in [5.41, 5.74) is 6.23. The summed E-state index contributed by atoms with van der Waals surface area (Å²) in [5.74, 6) is -0.402. The van der Waals surface area contributed by atoms with Crippen LogP contribution in [0.4, 0.5) is 11.4 Å². The van der Waals surface area contributed by atoms with E-state index in [0.29, 0.717) is 13.1 Å². The second-order valence-electron chi connectivity index (χ2n) is 4.21. The maximum Gasteiger partial charge on any atom is 0.270 e. The predicted molar refractivity (Wildman–Crippen MR) is 79.0 cm³/mol. The third-order valence-electron chi connectivity index (χ3n) is 3.02. The number of nitrogens with zero attached hydrogens (tertiary/aromatic N) is 2. The van der Waals surface area contributed by atoms with Crippen LogP contribution in [0.3, 0.4) is 0 Å². The lowest BCUT2D eigenvalue weighted by molar-refractivity contribution is -0.384. The summed E-state index contributed by atoms with van der Waals surface area (Å²) in [7, 11) is 0. The van der Waals surface area contributed by atoms with E-state index in [0.717, 1.165) is 15.8 Å². The van der Waals surface area contributed by atoms with E-state index in [1.165, 1.54) is 12.1 Å². The Hall–Kier alpha value is -1.42. The Morgan fingerprint density at radius 3 is 2.89 bits per heavy atom. The molecule has 0 bridgehead atoms. The maximum atomic E-state index is 11.5. The molecular formula is C11H13IN4O3. The number of amides is 1. The predicted octanol–water partition coefficient (Wildman–Crippen LogP) is 0.463. The van der Waals surface area contributed by atoms with Crippen LogP contribution in [-0.4, -0.2) is 36.5 Å². The molecule has 1 saturated heterocycles. The first-order chi connectivity index (χ1) is 9.00. The van der Waals surface area contributed by atoms with Crippen LogP contribution in [0, 0.1) is 13.7 Å². The van der Waals surface area contributed by atoms with Crippen molar-refractivity contribution in [2.45, 2.75) is 6.04 Å². The molecule has 3 N–H and O–H groups in total. The van der Waals surface area contributed by atoms with Crippen molar-refractivity contribution in [2.24, 2.45) is 5.73 Å². The van der Waals surface area contributed by atoms with Crippen LogP contribution in [0.1, 0.15) is 0 Å². The maximum absolute atomic E-state index is 11.5. The summed E-state index contributed by atoms with van der Waals surface area (Å²) in [6, 6.07) is 4.18. The lowest BCUT2D eigenvalue weighted by Crippen LogP contribution is -2.57. The Kier molecular flexibility index (Phi) is 4.20. The summed E-state index contributed by atoms with van der Waals surface area (Å²) in [6.45, 7) is 1.88. The van der Waals surface area contributed by atoms with E-state index in [9.17, 15) is 14.9 Å². The smallest absolute Gasteiger partial charge is 0.270 e. The number of hydrogen-bond acceptors (Lipinski definition) is 5. The number of nitro groups is 1. The molecule has 8 heteroatoms. The first-order valence-electron chi connectivity index (χ1n) is 5.71. The zero-order valence-electron chi connectivity index (χ0n) is 10.0. The zero-order valence-corrected chi connectivity index (χ0v) is 12.2. The molecule has 1 amide bonds. The number of carbonyl (C=O) groups is 1. The monoisotopic (exact) mass is 376 g/mol. The quantitative estimate of drug-likeness (QED) is 0.454. The van der Waals surface area contributed by atoms with Crippen LogP contribution in [0.25, 0.3) is 0 Å². The van der Waals surface area contributed by atoms with E-state index in [2.05, 4.69) is 5.32 Å². The molecule has 0 spiro atoms. The first-order valence-corrected chi connectivity index (χ1v) is 6.79. The molecule has 2 rings (SSSR count). The normalized spacial score (nSPS) is 19.2. The fourth-order valence-electron chi connectivity index (χ4n) is 2.09. The van der Waals surface area contributed by atoms with E-state index < -0.39 is 16.9 Å². The van der Waals surface area contributed by atoms with Gasteiger partial charge in [0.15, 0.2) is 0 Å². The van der Waals surface area contributed by atoms with Gasteiger partial charge in [0, 0.05) is 35.3 Å². The molecule has 1 fully saturated rings. The lowest BCUT2D eigenvalue weighted by Gasteiger charge is -2.36. The highest BCUT2D eigenvalue weighted by Gasteiger charge is 2.28. The van der Waals surface area contributed by atoms with Crippen LogP contribution in [0.15, 0.2) is 18.2 Å². The molecule has 1 atom stereocenters. The molecule has 0 aliphatic carbocycles. The van der Waals surface area contributed by atoms with E-state index >= 15 is 0 Å². The Bertz CT molecular complexity index is 523. The Labute approximate surface area is 123 Å². The Morgan fingerprint density at radius 1 is 1.58 bits per heavy atom. The van der Waals surface area contributed by atoms with E-state index in [4.69, 9.17) is 5.73 Å². The van der Waals surface area contributed by atoms with Crippen LogP contribution in [0.2, 0.25) is 0 Å². The number of nitrogens with one attached hydrogen (secondary N) is 1. The number of hydrogen-bond donors (Lipinski definition) is 2. The highest BCUT2D eigenvalue weighted by Crippen LogP contribution is 2.28. The average Bonchev–Trinajstić information content (AvgIpc) is 2.38. The second-order valence-corrected chi connectivity index (χ2v) is 5.37. The molecule has 1 heterocycles. The van der Waals surface area contributed by atoms with Crippen LogP contribution in [-0.2, 0) is 4.79 Å². The molecule has 1 aliphatic heterocycles. The Morgan fingerprint density at radius 2 is 2.32 bits per heavy atom. The van der Waals surface area contributed by atoms with Gasteiger partial charge in [0.1, 0.15) is 6.04 Å². The largest absolute Gasteiger partial charge is 0.368 e. The van der Waals surface area contributed by atoms with Crippen molar-refractivity contribution in [3.8, 4) is 0 Å². The minimum Gasteiger partial charge on any atom is -0.368 e. The number of primary amides is 1. The molecule has 19 heavy (non-hydrogen) atoms. The number of rotatable bonds is 3. The van der Waals surface area contributed by atoms with E-state index in [-0.39, 0.29) is 5.69 Å². The number of carbonyl (C=O) groups excluding carboxylic acids is 1. The number of nitrogens with two attached hydrogens (primary N) is 1. The van der Waals surface area contributed by atoms with Crippen LogP contribution in [0.5, 0.6) is 0 Å². The third-order valence-corrected chi connectivity index (χ3v) is 3.89. The number of halogens is 1. The fraction of sp³-hybridized carbons (Fsp3) is 0.364. The van der Waals surface area contributed by atoms with Gasteiger partial charge >= 0.3 is 0 Å². The summed E-state index contributed by atoms with van der Waals surface area (Å²) in [4.78, 5) is 23.6. The van der Waals surface area contributed by atoms with Gasteiger partial charge in [-0.25, -0.2) is 0 Å². The fourth-order valence-corrected chi connectivity index (χ4v) is 2.90. The summed E-state index contributed by atoms with van der Waals surface area (Å²) < 4.78 is 0.736. The molecule has 1 aromatic carbocycles. The lowest BCUT2D eigenvalue weighted by atomic mass is 10.1. The van der Waals surface area contributed by atoms with Gasteiger partial charge in [-0.15, -0.1) is 0 Å². The van der Waals surface area contributed by atoms with Crippen molar-refractivity contribution < 1.29 is 9.72 Å². The molecule has 7 nitrogen and oxygen atoms in total. The van der Waals surface area contributed by atoms with Gasteiger partial charge in [-0.3, -0.25) is 14.9 Å². The minimum atomic E-state index is -0.435. The summed E-state index contributed by atoms with van der Waals surface area (Å²) in [6.07, 6.45) is 0. The van der Waals surface area contributed by atoms with Gasteiger partial charge in [0.05, 0.1) is 10.6 Å². The average molecular weight is 376 g/mol. The SMILES string of the molecule is NC(=O)C1CNCCN1c1ccc([N+](=O)[O-])cc1I. The topological polar surface area (TPSA) is 102 Å². The number of nitro benzene ring substituents is 1. The number of anilines is 1. The number of benzene rings is 1. The highest BCUT2D eigenvalue weighted by molar-refractivity contribution is 14.1. The molecule has 0 radical (unpaired) electrons. The summed E-state index contributed by atoms with van der Waals surface area (Å²) >= 11 is 2.04. The zero-order chi connectivity index (χ0) is 14.0. The van der Waals surface area contributed by atoms with Crippen molar-refractivity contribution in [1.82, 2.24) is 5.32 Å². The summed E-state index contributed by atoms with van der Waals surface area (Å²) in [5, 5.41) is 13.8. The van der Waals surface area contributed by atoms with Crippen molar-refractivity contribution in [3.05, 3.63) is 31.9 Å². The van der Waals surface area contributed by atoms with Crippen LogP contribution >= 0.6 is 22.6 Å². The van der Waals surface area contributed by atoms with Crippen LogP contribution < -0.4 is 16.0 Å². The second kappa shape index (κ2) is 5.70. The number of non-ortho nitro benzene ring substituents is 1. The molecule has 1 unspecified atom stereocenters. The molecule has 0 saturated carbocycles. The van der Waals surface area contributed by atoms with Gasteiger partial charge in [0.25, 0.3) is 5.69 Å². The highest BCUT2D eigenvalue weighted by atomic mass is 127. The molecular weight excluding hydrogens is 363 g/mol. The molecule has 1 aliphatic rings. The number of piperazine rings is 1. The van der Waals surface area contributed by atoms with Gasteiger partial charge in [-0.1, -0.05) is 0 Å². The van der Waals surface area contributed by atoms with Crippen molar-refractivity contribution in [3.63, 3.8) is 0 Å². The van der Waals surface area contributed by atoms with Gasteiger partial charge in [0.2, 0.25) is 5.91 Å². The minimum absolute atomic E-state index is 0.0407. The molecule has 0 aromatic heterocycles. The first kappa shape index (κ1) is 14.0. The van der Waals surface area contributed by atoms with E-state index in [1.54, 1.807) is 6.07 Å². The molecule has 1 aromatic rings. The van der Waals surface area contributed by atoms with E-state index in [1.807, 2.05) is 27.5 Å². The molecule has 102 valence electrons. The van der Waals surface area contributed by atoms with Crippen molar-refractivity contribution >= 4 is 39.9 Å². The van der Waals surface area contributed by atoms with Gasteiger partial charge < -0.3 is 16.0 Å². The van der Waals surface area contributed by atoms with Crippen molar-refractivity contribution in [1.29, 1.82) is 0 Å². The standard InChI is InChI=1S/C11H13IN4O3/c12-8-5-7(16(18)19)1-2-9(8)15-4-3-14-6-10(15)11(13)17/h1-2,5,10,14H,3-4,6H2,(H2,13,17). The Balaban J connectivity index is 2.34. The van der Waals surface area contributed by atoms with Gasteiger partial charge in [-0.05, 0) is 28.7 Å². The van der Waals surface area contributed by atoms with Crippen molar-refractivity contribution in [2.75, 3.05) is 24.5 Å². The third kappa shape index (κ3) is 2.95. The van der Waals surface area contributed by atoms with Gasteiger partial charge in [-0.2, -0.15) is 0 Å².